The van der Waals surface area contributed by atoms with Crippen molar-refractivity contribution >= 4 is 22.8 Å². The van der Waals surface area contributed by atoms with Gasteiger partial charge in [-0.25, -0.2) is 15.0 Å². The van der Waals surface area contributed by atoms with Crippen LogP contribution in [0.3, 0.4) is 0 Å². The number of pyridine rings is 1. The minimum Gasteiger partial charge on any atom is -0.367 e. The Kier molecular flexibility index (Phi) is 4.65. The molecule has 2 N–H and O–H groups in total. The summed E-state index contributed by atoms with van der Waals surface area (Å²) in [6.07, 6.45) is 3.73. The molecule has 1 unspecified atom stereocenters. The summed E-state index contributed by atoms with van der Waals surface area (Å²) in [7, 11) is 0. The fourth-order valence-corrected chi connectivity index (χ4v) is 4.22. The van der Waals surface area contributed by atoms with E-state index in [0.29, 0.717) is 31.2 Å². The Morgan fingerprint density at radius 2 is 2.30 bits per heavy atom. The van der Waals surface area contributed by atoms with E-state index in [1.54, 1.807) is 11.1 Å². The first-order chi connectivity index (χ1) is 14.7. The van der Waals surface area contributed by atoms with Crippen LogP contribution in [0.4, 0.5) is 5.82 Å². The highest BCUT2D eigenvalue weighted by molar-refractivity contribution is 5.98. The Morgan fingerprint density at radius 3 is 3.13 bits per heavy atom. The number of rotatable bonds is 3. The molecule has 5 heterocycles. The van der Waals surface area contributed by atoms with Crippen molar-refractivity contribution in [3.8, 4) is 17.3 Å². The number of carbonyl (C=O) groups is 1. The topological polar surface area (TPSA) is 120 Å². The van der Waals surface area contributed by atoms with Crippen molar-refractivity contribution in [2.45, 2.75) is 31.9 Å². The minimum absolute atomic E-state index is 0.0408. The first-order valence-electron chi connectivity index (χ1n) is 10.0. The summed E-state index contributed by atoms with van der Waals surface area (Å²) in [4.78, 5) is 31.4. The molecule has 2 aliphatic heterocycles. The number of amides is 1. The van der Waals surface area contributed by atoms with Gasteiger partial charge in [0, 0.05) is 48.0 Å². The lowest BCUT2D eigenvalue weighted by Crippen LogP contribution is -2.42. The van der Waals surface area contributed by atoms with E-state index in [0.717, 1.165) is 34.4 Å². The monoisotopic (exact) mass is 403 g/mol. The van der Waals surface area contributed by atoms with Crippen LogP contribution in [0.25, 0.3) is 22.3 Å². The number of hydrogen-bond acceptors (Lipinski definition) is 7. The third-order valence-electron chi connectivity index (χ3n) is 5.66. The van der Waals surface area contributed by atoms with Crippen LogP contribution in [0.5, 0.6) is 0 Å². The van der Waals surface area contributed by atoms with Gasteiger partial charge in [0.25, 0.3) is 0 Å². The minimum atomic E-state index is -0.320. The number of H-pyrrole nitrogens is 1. The number of ether oxygens (including phenoxy) is 1. The SMILES string of the molecule is CC1NCCO[C@H]1c1nc(-c2ccnc3[nH]ccc23)c2c(n1)N(C(=O)CC#N)CC2. The maximum Gasteiger partial charge on any atom is 0.242 e. The molecule has 2 aliphatic rings. The van der Waals surface area contributed by atoms with Gasteiger partial charge in [-0.3, -0.25) is 9.69 Å². The van der Waals surface area contributed by atoms with E-state index in [1.807, 2.05) is 31.3 Å². The van der Waals surface area contributed by atoms with Crippen LogP contribution in [0.2, 0.25) is 0 Å². The van der Waals surface area contributed by atoms with Gasteiger partial charge in [0.15, 0.2) is 5.82 Å². The number of morpholine rings is 1. The van der Waals surface area contributed by atoms with Crippen molar-refractivity contribution in [3.05, 3.63) is 35.9 Å². The van der Waals surface area contributed by atoms with Gasteiger partial charge in [0.2, 0.25) is 5.91 Å². The number of aromatic nitrogens is 4. The highest BCUT2D eigenvalue weighted by Crippen LogP contribution is 2.38. The molecule has 1 fully saturated rings. The molecular formula is C21H21N7O2. The second kappa shape index (κ2) is 7.48. The van der Waals surface area contributed by atoms with E-state index >= 15 is 0 Å². The summed E-state index contributed by atoms with van der Waals surface area (Å²) in [5, 5.41) is 13.4. The summed E-state index contributed by atoms with van der Waals surface area (Å²) in [5.41, 5.74) is 3.42. The molecule has 0 radical (unpaired) electrons. The van der Waals surface area contributed by atoms with E-state index in [9.17, 15) is 4.79 Å². The predicted octanol–water partition coefficient (Wildman–Crippen LogP) is 1.87. The Morgan fingerprint density at radius 1 is 1.40 bits per heavy atom. The Bertz CT molecular complexity index is 1170. The third-order valence-corrected chi connectivity index (χ3v) is 5.66. The number of anilines is 1. The molecule has 9 nitrogen and oxygen atoms in total. The van der Waals surface area contributed by atoms with Crippen molar-refractivity contribution in [2.24, 2.45) is 0 Å². The van der Waals surface area contributed by atoms with E-state index in [1.165, 1.54) is 0 Å². The number of nitrogens with zero attached hydrogens (tertiary/aromatic N) is 5. The van der Waals surface area contributed by atoms with Crippen LogP contribution in [0.15, 0.2) is 24.5 Å². The molecule has 1 amide bonds. The number of fused-ring (bicyclic) bond motifs is 2. The molecule has 3 aromatic rings. The van der Waals surface area contributed by atoms with E-state index in [-0.39, 0.29) is 24.5 Å². The maximum absolute atomic E-state index is 12.6. The number of hydrogen-bond donors (Lipinski definition) is 2. The number of nitriles is 1. The molecule has 3 aromatic heterocycles. The molecule has 9 heteroatoms. The van der Waals surface area contributed by atoms with Crippen molar-refractivity contribution in [1.29, 1.82) is 5.26 Å². The quantitative estimate of drug-likeness (QED) is 0.685. The molecule has 1 saturated heterocycles. The van der Waals surface area contributed by atoms with Crippen molar-refractivity contribution < 1.29 is 9.53 Å². The highest BCUT2D eigenvalue weighted by Gasteiger charge is 2.34. The van der Waals surface area contributed by atoms with Gasteiger partial charge >= 0.3 is 0 Å². The van der Waals surface area contributed by atoms with Crippen LogP contribution in [0, 0.1) is 11.3 Å². The fraction of sp³-hybridized carbons (Fsp3) is 0.381. The van der Waals surface area contributed by atoms with Gasteiger partial charge < -0.3 is 15.0 Å². The molecule has 152 valence electrons. The molecule has 0 aromatic carbocycles. The van der Waals surface area contributed by atoms with Crippen LogP contribution >= 0.6 is 0 Å². The zero-order valence-corrected chi connectivity index (χ0v) is 16.6. The molecule has 0 saturated carbocycles. The maximum atomic E-state index is 12.6. The van der Waals surface area contributed by atoms with E-state index in [2.05, 4.69) is 15.3 Å². The zero-order valence-electron chi connectivity index (χ0n) is 16.6. The lowest BCUT2D eigenvalue weighted by Gasteiger charge is -2.30. The van der Waals surface area contributed by atoms with Crippen LogP contribution < -0.4 is 10.2 Å². The first kappa shape index (κ1) is 18.7. The Balaban J connectivity index is 1.70. The predicted molar refractivity (Wildman–Crippen MR) is 110 cm³/mol. The summed E-state index contributed by atoms with van der Waals surface area (Å²) < 4.78 is 5.98. The molecule has 0 aliphatic carbocycles. The molecule has 30 heavy (non-hydrogen) atoms. The van der Waals surface area contributed by atoms with E-state index in [4.69, 9.17) is 20.0 Å². The number of carbonyl (C=O) groups excluding carboxylic acids is 1. The van der Waals surface area contributed by atoms with Crippen molar-refractivity contribution in [3.63, 3.8) is 0 Å². The Labute approximate surface area is 173 Å². The van der Waals surface area contributed by atoms with Crippen molar-refractivity contribution in [1.82, 2.24) is 25.3 Å². The highest BCUT2D eigenvalue weighted by atomic mass is 16.5. The lowest BCUT2D eigenvalue weighted by atomic mass is 10.0. The molecule has 2 atom stereocenters. The fourth-order valence-electron chi connectivity index (χ4n) is 4.22. The third kappa shape index (κ3) is 3.01. The molecule has 0 bridgehead atoms. The summed E-state index contributed by atoms with van der Waals surface area (Å²) in [6.45, 7) is 3.87. The Hall–Kier alpha value is -3.35. The number of nitrogens with one attached hydrogen (secondary N) is 2. The van der Waals surface area contributed by atoms with Crippen LogP contribution in [0.1, 0.15) is 30.8 Å². The van der Waals surface area contributed by atoms with Gasteiger partial charge in [0.05, 0.1) is 18.4 Å². The summed E-state index contributed by atoms with van der Waals surface area (Å²) in [6, 6.07) is 5.90. The smallest absolute Gasteiger partial charge is 0.242 e. The lowest BCUT2D eigenvalue weighted by molar-refractivity contribution is -0.117. The van der Waals surface area contributed by atoms with Crippen LogP contribution in [-0.2, 0) is 16.0 Å². The van der Waals surface area contributed by atoms with Crippen molar-refractivity contribution in [2.75, 3.05) is 24.6 Å². The second-order valence-electron chi connectivity index (χ2n) is 7.50. The first-order valence-corrected chi connectivity index (χ1v) is 10.0. The van der Waals surface area contributed by atoms with Gasteiger partial charge in [-0.1, -0.05) is 0 Å². The van der Waals surface area contributed by atoms with Crippen LogP contribution in [-0.4, -0.2) is 51.6 Å². The zero-order chi connectivity index (χ0) is 20.7. The molecular weight excluding hydrogens is 382 g/mol. The van der Waals surface area contributed by atoms with Gasteiger partial charge in [-0.2, -0.15) is 5.26 Å². The second-order valence-corrected chi connectivity index (χ2v) is 7.50. The summed E-state index contributed by atoms with van der Waals surface area (Å²) in [5.74, 6) is 0.877. The number of aromatic amines is 1. The molecule has 5 rings (SSSR count). The average molecular weight is 403 g/mol. The van der Waals surface area contributed by atoms with Gasteiger partial charge in [-0.15, -0.1) is 0 Å². The average Bonchev–Trinajstić information content (AvgIpc) is 3.40. The van der Waals surface area contributed by atoms with Gasteiger partial charge in [0.1, 0.15) is 24.0 Å². The van der Waals surface area contributed by atoms with E-state index < -0.39 is 0 Å². The standard InChI is InChI=1S/C21H21N7O2/c1-12-18(30-11-9-23-12)20-26-17(13-3-7-24-19-14(13)4-8-25-19)15-5-10-28(21(15)27-20)16(29)2-6-22/h3-4,7-8,12,18,23H,2,5,9-11H2,1H3,(H,24,25)/t12?,18-/m1/s1. The molecule has 0 spiro atoms. The summed E-state index contributed by atoms with van der Waals surface area (Å²) >= 11 is 0. The largest absolute Gasteiger partial charge is 0.367 e. The van der Waals surface area contributed by atoms with Gasteiger partial charge in [-0.05, 0) is 25.5 Å². The normalized spacial score (nSPS) is 20.9.